The summed E-state index contributed by atoms with van der Waals surface area (Å²) >= 11 is 6.15. The van der Waals surface area contributed by atoms with Gasteiger partial charge in [-0.15, -0.1) is 0 Å². The summed E-state index contributed by atoms with van der Waals surface area (Å²) in [5.74, 6) is 0.616. The second kappa shape index (κ2) is 7.51. The molecule has 1 N–H and O–H groups in total. The maximum atomic E-state index is 12.5. The topological polar surface area (TPSA) is 64.0 Å². The summed E-state index contributed by atoms with van der Waals surface area (Å²) in [7, 11) is -3.68. The van der Waals surface area contributed by atoms with Crippen LogP contribution >= 0.6 is 11.6 Å². The average Bonchev–Trinajstić information content (AvgIpc) is 3.03. The molecule has 0 atom stereocenters. The Bertz CT molecular complexity index is 996. The Hall–Kier alpha value is -2.31. The zero-order chi connectivity index (χ0) is 18.7. The lowest BCUT2D eigenvalue weighted by Crippen LogP contribution is -2.14. The summed E-state index contributed by atoms with van der Waals surface area (Å²) in [6.07, 6.45) is 1.71. The molecule has 0 bridgehead atoms. The fourth-order valence-electron chi connectivity index (χ4n) is 2.53. The highest BCUT2D eigenvalue weighted by atomic mass is 35.5. The van der Waals surface area contributed by atoms with Gasteiger partial charge < -0.3 is 0 Å². The Morgan fingerprint density at radius 3 is 2.42 bits per heavy atom. The molecule has 0 saturated carbocycles. The number of hydrogen-bond donors (Lipinski definition) is 1. The Labute approximate surface area is 158 Å². The summed E-state index contributed by atoms with van der Waals surface area (Å²) in [6, 6.07) is 16.0. The number of sulfonamides is 1. The molecule has 0 radical (unpaired) electrons. The maximum Gasteiger partial charge on any atom is 0.263 e. The molecule has 0 unspecified atom stereocenters. The van der Waals surface area contributed by atoms with Gasteiger partial charge in [0.15, 0.2) is 5.82 Å². The molecule has 1 aromatic heterocycles. The third-order valence-corrected chi connectivity index (χ3v) is 5.77. The number of halogens is 1. The van der Waals surface area contributed by atoms with Gasteiger partial charge >= 0.3 is 0 Å². The first-order valence-electron chi connectivity index (χ1n) is 8.25. The van der Waals surface area contributed by atoms with Crippen molar-refractivity contribution in [1.82, 2.24) is 9.78 Å². The highest BCUT2D eigenvalue weighted by Gasteiger charge is 2.16. The van der Waals surface area contributed by atoms with Crippen LogP contribution in [0.1, 0.15) is 30.9 Å². The molecule has 3 rings (SSSR count). The van der Waals surface area contributed by atoms with E-state index in [1.165, 1.54) is 0 Å². The van der Waals surface area contributed by atoms with Crippen LogP contribution in [-0.4, -0.2) is 18.2 Å². The molecule has 0 spiro atoms. The van der Waals surface area contributed by atoms with Crippen molar-refractivity contribution in [3.8, 4) is 0 Å². The van der Waals surface area contributed by atoms with E-state index in [2.05, 4.69) is 23.7 Å². The van der Waals surface area contributed by atoms with Crippen molar-refractivity contribution in [3.63, 3.8) is 0 Å². The Balaban J connectivity index is 1.74. The molecule has 5 nitrogen and oxygen atoms in total. The Kier molecular flexibility index (Phi) is 5.34. The number of anilines is 1. The number of aromatic nitrogens is 2. The normalized spacial score (nSPS) is 11.7. The molecular formula is C19H20ClN3O2S. The lowest BCUT2D eigenvalue weighted by Gasteiger charge is -2.08. The van der Waals surface area contributed by atoms with Crippen molar-refractivity contribution in [3.05, 3.63) is 76.9 Å². The van der Waals surface area contributed by atoms with Crippen LogP contribution in [-0.2, 0) is 16.6 Å². The Morgan fingerprint density at radius 1 is 1.08 bits per heavy atom. The van der Waals surface area contributed by atoms with E-state index in [0.717, 1.165) is 11.1 Å². The van der Waals surface area contributed by atoms with E-state index >= 15 is 0 Å². The second-order valence-electron chi connectivity index (χ2n) is 6.32. The van der Waals surface area contributed by atoms with Crippen molar-refractivity contribution in [1.29, 1.82) is 0 Å². The van der Waals surface area contributed by atoms with Crippen LogP contribution in [0.15, 0.2) is 65.7 Å². The highest BCUT2D eigenvalue weighted by molar-refractivity contribution is 7.92. The van der Waals surface area contributed by atoms with Gasteiger partial charge in [0.25, 0.3) is 10.0 Å². The molecule has 3 aromatic rings. The van der Waals surface area contributed by atoms with E-state index < -0.39 is 10.0 Å². The van der Waals surface area contributed by atoms with E-state index in [-0.39, 0.29) is 10.7 Å². The molecule has 0 aliphatic heterocycles. The van der Waals surface area contributed by atoms with Crippen molar-refractivity contribution in [2.45, 2.75) is 31.2 Å². The fraction of sp³-hybridized carbons (Fsp3) is 0.211. The molecule has 26 heavy (non-hydrogen) atoms. The van der Waals surface area contributed by atoms with E-state index in [4.69, 9.17) is 11.6 Å². The monoisotopic (exact) mass is 389 g/mol. The van der Waals surface area contributed by atoms with Gasteiger partial charge in [0, 0.05) is 17.3 Å². The van der Waals surface area contributed by atoms with Crippen LogP contribution < -0.4 is 4.72 Å². The summed E-state index contributed by atoms with van der Waals surface area (Å²) < 4.78 is 29.2. The second-order valence-corrected chi connectivity index (χ2v) is 8.41. The summed E-state index contributed by atoms with van der Waals surface area (Å²) in [5.41, 5.74) is 2.00. The first kappa shape index (κ1) is 18.5. The maximum absolute atomic E-state index is 12.5. The molecule has 0 aliphatic carbocycles. The van der Waals surface area contributed by atoms with Crippen LogP contribution in [0.25, 0.3) is 0 Å². The number of benzene rings is 2. The third-order valence-electron chi connectivity index (χ3n) is 4.03. The Morgan fingerprint density at radius 2 is 1.77 bits per heavy atom. The van der Waals surface area contributed by atoms with Gasteiger partial charge in [-0.25, -0.2) is 8.42 Å². The summed E-state index contributed by atoms with van der Waals surface area (Å²) in [4.78, 5) is 0.211. The average molecular weight is 390 g/mol. The van der Waals surface area contributed by atoms with Crippen molar-refractivity contribution in [2.75, 3.05) is 4.72 Å². The molecular weight excluding hydrogens is 370 g/mol. The zero-order valence-corrected chi connectivity index (χ0v) is 16.1. The number of nitrogens with zero attached hydrogens (tertiary/aromatic N) is 2. The fourth-order valence-corrected chi connectivity index (χ4v) is 3.73. The molecule has 0 fully saturated rings. The zero-order valence-electron chi connectivity index (χ0n) is 14.6. The standard InChI is InChI=1S/C19H20ClN3O2S/c1-14(2)15-7-9-17(10-8-15)26(24,25)22-19-11-12-23(21-19)13-16-5-3-4-6-18(16)20/h3-12,14H,13H2,1-2H3,(H,21,22). The van der Waals surface area contributed by atoms with Gasteiger partial charge in [0.1, 0.15) is 0 Å². The van der Waals surface area contributed by atoms with Gasteiger partial charge in [-0.3, -0.25) is 9.40 Å². The number of nitrogens with one attached hydrogen (secondary N) is 1. The minimum absolute atomic E-state index is 0.211. The molecule has 136 valence electrons. The summed E-state index contributed by atoms with van der Waals surface area (Å²) in [5, 5.41) is 4.92. The first-order valence-corrected chi connectivity index (χ1v) is 10.1. The molecule has 0 amide bonds. The number of hydrogen-bond acceptors (Lipinski definition) is 3. The van der Waals surface area contributed by atoms with E-state index in [9.17, 15) is 8.42 Å². The largest absolute Gasteiger partial charge is 0.266 e. The minimum atomic E-state index is -3.68. The van der Waals surface area contributed by atoms with Crippen LogP contribution in [0.5, 0.6) is 0 Å². The van der Waals surface area contributed by atoms with Crippen molar-refractivity contribution >= 4 is 27.4 Å². The SMILES string of the molecule is CC(C)c1ccc(S(=O)(=O)Nc2ccn(Cc3ccccc3Cl)n2)cc1. The predicted octanol–water partition coefficient (Wildman–Crippen LogP) is 4.51. The van der Waals surface area contributed by atoms with E-state index in [1.54, 1.807) is 29.1 Å². The molecule has 0 aliphatic rings. The van der Waals surface area contributed by atoms with Gasteiger partial charge in [-0.1, -0.05) is 55.8 Å². The first-order chi connectivity index (χ1) is 12.3. The lowest BCUT2D eigenvalue weighted by molar-refractivity contribution is 0.600. The molecule has 7 heteroatoms. The van der Waals surface area contributed by atoms with Crippen LogP contribution in [0.2, 0.25) is 5.02 Å². The minimum Gasteiger partial charge on any atom is -0.266 e. The smallest absolute Gasteiger partial charge is 0.263 e. The predicted molar refractivity (Wildman–Crippen MR) is 104 cm³/mol. The molecule has 2 aromatic carbocycles. The van der Waals surface area contributed by atoms with Gasteiger partial charge in [-0.2, -0.15) is 5.10 Å². The lowest BCUT2D eigenvalue weighted by atomic mass is 10.0. The van der Waals surface area contributed by atoms with E-state index in [1.807, 2.05) is 36.4 Å². The van der Waals surface area contributed by atoms with Crippen LogP contribution in [0, 0.1) is 0 Å². The van der Waals surface area contributed by atoms with Crippen molar-refractivity contribution < 1.29 is 8.42 Å². The van der Waals surface area contributed by atoms with Gasteiger partial charge in [-0.05, 0) is 35.2 Å². The summed E-state index contributed by atoms with van der Waals surface area (Å²) in [6.45, 7) is 4.59. The van der Waals surface area contributed by atoms with E-state index in [0.29, 0.717) is 17.5 Å². The van der Waals surface area contributed by atoms with Crippen LogP contribution in [0.3, 0.4) is 0 Å². The molecule has 0 saturated heterocycles. The van der Waals surface area contributed by atoms with Gasteiger partial charge in [0.2, 0.25) is 0 Å². The quantitative estimate of drug-likeness (QED) is 0.674. The van der Waals surface area contributed by atoms with Crippen molar-refractivity contribution in [2.24, 2.45) is 0 Å². The molecule has 1 heterocycles. The number of rotatable bonds is 6. The third kappa shape index (κ3) is 4.26. The highest BCUT2D eigenvalue weighted by Crippen LogP contribution is 2.20. The van der Waals surface area contributed by atoms with Gasteiger partial charge in [0.05, 0.1) is 11.4 Å². The van der Waals surface area contributed by atoms with Crippen LogP contribution in [0.4, 0.5) is 5.82 Å².